The summed E-state index contributed by atoms with van der Waals surface area (Å²) in [5, 5.41) is 5.93. The van der Waals surface area contributed by atoms with E-state index < -0.39 is 0 Å². The van der Waals surface area contributed by atoms with E-state index in [0.29, 0.717) is 6.54 Å². The number of hydrogen-bond acceptors (Lipinski definition) is 2. The van der Waals surface area contributed by atoms with Crippen molar-refractivity contribution in [2.24, 2.45) is 0 Å². The van der Waals surface area contributed by atoms with Crippen molar-refractivity contribution in [1.29, 1.82) is 0 Å². The Hall–Kier alpha value is -1.62. The number of carbonyl (C=O) groups is 1. The van der Waals surface area contributed by atoms with Gasteiger partial charge in [0.05, 0.1) is 5.54 Å². The van der Waals surface area contributed by atoms with E-state index in [0.717, 1.165) is 31.2 Å². The molecule has 0 bridgehead atoms. The van der Waals surface area contributed by atoms with Gasteiger partial charge in [-0.25, -0.2) is 9.18 Å². The summed E-state index contributed by atoms with van der Waals surface area (Å²) in [6.07, 6.45) is 3.62. The first-order valence-corrected chi connectivity index (χ1v) is 7.45. The summed E-state index contributed by atoms with van der Waals surface area (Å²) in [5.74, 6) is -0.190. The molecule has 1 aliphatic carbocycles. The molecule has 1 aliphatic heterocycles. The number of hydrogen-bond donors (Lipinski definition) is 2. The topological polar surface area (TPSA) is 44.4 Å². The number of benzene rings is 1. The maximum absolute atomic E-state index is 13.6. The van der Waals surface area contributed by atoms with E-state index in [-0.39, 0.29) is 22.9 Å². The molecule has 0 atom stereocenters. The van der Waals surface area contributed by atoms with Crippen molar-refractivity contribution in [3.8, 4) is 0 Å². The highest BCUT2D eigenvalue weighted by Crippen LogP contribution is 2.45. The van der Waals surface area contributed by atoms with Gasteiger partial charge in [0, 0.05) is 12.1 Å². The molecule has 2 fully saturated rings. The van der Waals surface area contributed by atoms with Gasteiger partial charge in [0.25, 0.3) is 0 Å². The summed E-state index contributed by atoms with van der Waals surface area (Å²) in [5.41, 5.74) is 0.754. The Balaban J connectivity index is 1.86. The van der Waals surface area contributed by atoms with E-state index in [2.05, 4.69) is 15.5 Å². The maximum Gasteiger partial charge on any atom is 0.315 e. The van der Waals surface area contributed by atoms with E-state index >= 15 is 0 Å². The zero-order chi connectivity index (χ0) is 15.1. The Bertz CT molecular complexity index is 550. The van der Waals surface area contributed by atoms with Gasteiger partial charge in [-0.3, -0.25) is 4.90 Å². The SMILES string of the molecule is CN(C)C1(c2cccc(F)c2)CCC2(CC1)CNC(=O)N2. The summed E-state index contributed by atoms with van der Waals surface area (Å²) < 4.78 is 13.6. The summed E-state index contributed by atoms with van der Waals surface area (Å²) in [4.78, 5) is 13.6. The van der Waals surface area contributed by atoms with Crippen LogP contribution in [0.5, 0.6) is 0 Å². The molecule has 1 spiro atoms. The van der Waals surface area contributed by atoms with Gasteiger partial charge in [0.2, 0.25) is 0 Å². The second kappa shape index (κ2) is 4.98. The Morgan fingerprint density at radius 1 is 1.19 bits per heavy atom. The van der Waals surface area contributed by atoms with Gasteiger partial charge in [-0.2, -0.15) is 0 Å². The van der Waals surface area contributed by atoms with Gasteiger partial charge < -0.3 is 10.6 Å². The first-order valence-electron chi connectivity index (χ1n) is 7.45. The molecule has 114 valence electrons. The molecular formula is C16H22FN3O. The number of nitrogens with zero attached hydrogens (tertiary/aromatic N) is 1. The number of carbonyl (C=O) groups excluding carboxylic acids is 1. The molecule has 1 aromatic carbocycles. The number of urea groups is 1. The second-order valence-corrected chi connectivity index (χ2v) is 6.52. The Morgan fingerprint density at radius 2 is 1.90 bits per heavy atom. The maximum atomic E-state index is 13.6. The molecule has 2 amide bonds. The average molecular weight is 291 g/mol. The number of amides is 2. The predicted molar refractivity (Wildman–Crippen MR) is 79.5 cm³/mol. The van der Waals surface area contributed by atoms with Crippen LogP contribution in [0, 0.1) is 5.82 Å². The lowest BCUT2D eigenvalue weighted by Crippen LogP contribution is -2.54. The van der Waals surface area contributed by atoms with Gasteiger partial charge in [0.1, 0.15) is 5.82 Å². The van der Waals surface area contributed by atoms with Crippen molar-refractivity contribution in [1.82, 2.24) is 15.5 Å². The first-order chi connectivity index (χ1) is 9.96. The fourth-order valence-electron chi connectivity index (χ4n) is 3.79. The summed E-state index contributed by atoms with van der Waals surface area (Å²) in [6, 6.07) is 6.84. The molecular weight excluding hydrogens is 269 g/mol. The molecule has 1 aromatic rings. The molecule has 5 heteroatoms. The minimum atomic E-state index is -0.190. The number of rotatable bonds is 2. The van der Waals surface area contributed by atoms with E-state index in [4.69, 9.17) is 0 Å². The van der Waals surface area contributed by atoms with Gasteiger partial charge >= 0.3 is 6.03 Å². The van der Waals surface area contributed by atoms with Crippen LogP contribution in [0.1, 0.15) is 31.2 Å². The van der Waals surface area contributed by atoms with Crippen LogP contribution in [0.2, 0.25) is 0 Å². The quantitative estimate of drug-likeness (QED) is 0.877. The Kier molecular flexibility index (Phi) is 3.40. The van der Waals surface area contributed by atoms with Crippen LogP contribution in [-0.2, 0) is 5.54 Å². The minimum absolute atomic E-state index is 0.0712. The molecule has 0 radical (unpaired) electrons. The molecule has 0 unspecified atom stereocenters. The Labute approximate surface area is 124 Å². The van der Waals surface area contributed by atoms with Crippen LogP contribution in [0.15, 0.2) is 24.3 Å². The zero-order valence-electron chi connectivity index (χ0n) is 12.6. The van der Waals surface area contributed by atoms with Gasteiger partial charge in [-0.05, 0) is 57.5 Å². The molecule has 1 saturated carbocycles. The molecule has 1 saturated heterocycles. The number of nitrogens with one attached hydrogen (secondary N) is 2. The molecule has 2 aliphatic rings. The third-order valence-corrected chi connectivity index (χ3v) is 5.22. The van der Waals surface area contributed by atoms with Crippen molar-refractivity contribution < 1.29 is 9.18 Å². The lowest BCUT2D eigenvalue weighted by atomic mass is 9.69. The van der Waals surface area contributed by atoms with E-state index in [1.54, 1.807) is 12.1 Å². The van der Waals surface area contributed by atoms with Crippen LogP contribution in [0.4, 0.5) is 9.18 Å². The summed E-state index contributed by atoms with van der Waals surface area (Å²) in [6.45, 7) is 0.693. The first kappa shape index (κ1) is 14.3. The van der Waals surface area contributed by atoms with Crippen molar-refractivity contribution >= 4 is 6.03 Å². The standard InChI is InChI=1S/C16H22FN3O/c1-20(2)16(12-4-3-5-13(17)10-12)8-6-15(7-9-16)11-18-14(21)19-15/h3-5,10H,6-9,11H2,1-2H3,(H2,18,19,21). The molecule has 3 rings (SSSR count). The lowest BCUT2D eigenvalue weighted by molar-refractivity contribution is 0.0650. The van der Waals surface area contributed by atoms with Crippen molar-refractivity contribution in [2.45, 2.75) is 36.8 Å². The Morgan fingerprint density at radius 3 is 2.43 bits per heavy atom. The van der Waals surface area contributed by atoms with Crippen LogP contribution in [-0.4, -0.2) is 37.1 Å². The van der Waals surface area contributed by atoms with Crippen LogP contribution >= 0.6 is 0 Å². The van der Waals surface area contributed by atoms with Crippen molar-refractivity contribution in [3.05, 3.63) is 35.6 Å². The molecule has 2 N–H and O–H groups in total. The van der Waals surface area contributed by atoms with Crippen molar-refractivity contribution in [2.75, 3.05) is 20.6 Å². The van der Waals surface area contributed by atoms with Crippen LogP contribution in [0.3, 0.4) is 0 Å². The molecule has 4 nitrogen and oxygen atoms in total. The zero-order valence-corrected chi connectivity index (χ0v) is 12.6. The van der Waals surface area contributed by atoms with E-state index in [1.807, 2.05) is 20.2 Å². The highest BCUT2D eigenvalue weighted by Gasteiger charge is 2.47. The largest absolute Gasteiger partial charge is 0.336 e. The highest BCUT2D eigenvalue weighted by atomic mass is 19.1. The summed E-state index contributed by atoms with van der Waals surface area (Å²) in [7, 11) is 4.10. The van der Waals surface area contributed by atoms with Crippen LogP contribution in [0.25, 0.3) is 0 Å². The fourth-order valence-corrected chi connectivity index (χ4v) is 3.79. The van der Waals surface area contributed by atoms with Gasteiger partial charge in [-0.15, -0.1) is 0 Å². The van der Waals surface area contributed by atoms with Crippen molar-refractivity contribution in [3.63, 3.8) is 0 Å². The monoisotopic (exact) mass is 291 g/mol. The van der Waals surface area contributed by atoms with E-state index in [1.165, 1.54) is 6.07 Å². The van der Waals surface area contributed by atoms with Crippen LogP contribution < -0.4 is 10.6 Å². The fraction of sp³-hybridized carbons (Fsp3) is 0.562. The number of halogens is 1. The molecule has 21 heavy (non-hydrogen) atoms. The molecule has 0 aromatic heterocycles. The minimum Gasteiger partial charge on any atom is -0.336 e. The average Bonchev–Trinajstić information content (AvgIpc) is 2.81. The lowest BCUT2D eigenvalue weighted by Gasteiger charge is -2.48. The third kappa shape index (κ3) is 2.39. The van der Waals surface area contributed by atoms with Gasteiger partial charge in [0.15, 0.2) is 0 Å². The van der Waals surface area contributed by atoms with E-state index in [9.17, 15) is 9.18 Å². The normalized spacial score (nSPS) is 32.3. The highest BCUT2D eigenvalue weighted by molar-refractivity contribution is 5.77. The molecule has 1 heterocycles. The van der Waals surface area contributed by atoms with Gasteiger partial charge in [-0.1, -0.05) is 12.1 Å². The third-order valence-electron chi connectivity index (χ3n) is 5.22. The summed E-state index contributed by atoms with van der Waals surface area (Å²) >= 11 is 0. The predicted octanol–water partition coefficient (Wildman–Crippen LogP) is 2.21. The second-order valence-electron chi connectivity index (χ2n) is 6.52. The smallest absolute Gasteiger partial charge is 0.315 e.